The molecule has 0 unspecified atom stereocenters. The normalized spacial score (nSPS) is 13.3. The lowest BCUT2D eigenvalue weighted by Gasteiger charge is -2.32. The molecule has 1 N–H and O–H groups in total. The van der Waals surface area contributed by atoms with Gasteiger partial charge in [-0.25, -0.2) is 0 Å². The maximum atomic E-state index is 12.4. The molecule has 0 aromatic carbocycles. The van der Waals surface area contributed by atoms with Gasteiger partial charge in [-0.2, -0.15) is 0 Å². The molecule has 61 heavy (non-hydrogen) atoms. The number of carbonyl (C=O) groups excluding carboxylic acids is 3. The Balaban J connectivity index is 0. The number of ether oxygens (including phenoxy) is 2. The molecule has 0 amide bonds. The maximum Gasteiger partial charge on any atom is 0.306 e. The highest BCUT2D eigenvalue weighted by molar-refractivity contribution is 5.70. The fraction of sp³-hybridized carbons (Fsp3) is 0.943. The lowest BCUT2D eigenvalue weighted by molar-refractivity contribution is -0.146. The van der Waals surface area contributed by atoms with Gasteiger partial charge in [0.1, 0.15) is 6.79 Å². The summed E-state index contributed by atoms with van der Waals surface area (Å²) in [6.07, 6.45) is 42.0. The molecule has 1 heterocycles. The van der Waals surface area contributed by atoms with Crippen LogP contribution < -0.4 is 0 Å². The molecule has 0 aliphatic carbocycles. The van der Waals surface area contributed by atoms with E-state index in [0.717, 1.165) is 25.9 Å². The van der Waals surface area contributed by atoms with Crippen molar-refractivity contribution in [1.29, 1.82) is 0 Å². The number of aliphatic hydroxyl groups is 1. The van der Waals surface area contributed by atoms with Gasteiger partial charge in [0.25, 0.3) is 0 Å². The van der Waals surface area contributed by atoms with Crippen molar-refractivity contribution in [3.05, 3.63) is 0 Å². The molecule has 0 aromatic heterocycles. The molecule has 0 radical (unpaired) electrons. The van der Waals surface area contributed by atoms with E-state index in [1.54, 1.807) is 0 Å². The number of esters is 2. The van der Waals surface area contributed by atoms with Crippen molar-refractivity contribution >= 4 is 18.7 Å². The molecule has 1 aliphatic rings. The van der Waals surface area contributed by atoms with Gasteiger partial charge in [-0.15, -0.1) is 0 Å². The summed E-state index contributed by atoms with van der Waals surface area (Å²) in [5.74, 6) is 2.02. The Labute approximate surface area is 380 Å². The van der Waals surface area contributed by atoms with Crippen LogP contribution in [-0.2, 0) is 23.9 Å². The first-order valence-corrected chi connectivity index (χ1v) is 26.4. The SMILES string of the molecule is C=O.CCCCC(CCCC)CC(=O)OCCCCCCCCCCC(CCCCCCCCCCOC(=O)CC(CCCC)CCCC)CCCN1CCN(C)CC1.CO. The van der Waals surface area contributed by atoms with E-state index in [1.807, 2.05) is 6.79 Å². The molecule has 1 rings (SSSR count). The molecule has 0 aromatic rings. The Morgan fingerprint density at radius 2 is 0.738 bits per heavy atom. The van der Waals surface area contributed by atoms with Gasteiger partial charge < -0.3 is 29.2 Å². The smallest absolute Gasteiger partial charge is 0.306 e. The van der Waals surface area contributed by atoms with Crippen molar-refractivity contribution in [3.8, 4) is 0 Å². The summed E-state index contributed by atoms with van der Waals surface area (Å²) in [7, 11) is 3.26. The molecule has 0 saturated carbocycles. The number of hydrogen-bond acceptors (Lipinski definition) is 8. The lowest BCUT2D eigenvalue weighted by atomic mass is 9.90. The Morgan fingerprint density at radius 3 is 1.08 bits per heavy atom. The number of aliphatic hydroxyl groups excluding tert-OH is 1. The number of unbranched alkanes of at least 4 members (excludes halogenated alkanes) is 18. The maximum absolute atomic E-state index is 12.4. The van der Waals surface area contributed by atoms with Crippen LogP contribution in [-0.4, -0.2) is 93.7 Å². The van der Waals surface area contributed by atoms with Gasteiger partial charge in [0.15, 0.2) is 0 Å². The minimum Gasteiger partial charge on any atom is -0.466 e. The van der Waals surface area contributed by atoms with Gasteiger partial charge in [-0.1, -0.05) is 182 Å². The molecule has 1 fully saturated rings. The molecular weight excluding hydrogens is 761 g/mol. The Hall–Kier alpha value is -1.51. The van der Waals surface area contributed by atoms with Crippen LogP contribution in [0.15, 0.2) is 0 Å². The summed E-state index contributed by atoms with van der Waals surface area (Å²) >= 11 is 0. The molecule has 0 spiro atoms. The third-order valence-corrected chi connectivity index (χ3v) is 13.0. The molecule has 1 aliphatic heterocycles. The van der Waals surface area contributed by atoms with Crippen LogP contribution in [0.4, 0.5) is 0 Å². The van der Waals surface area contributed by atoms with Gasteiger partial charge in [-0.3, -0.25) is 9.59 Å². The van der Waals surface area contributed by atoms with E-state index >= 15 is 0 Å². The molecule has 8 nitrogen and oxygen atoms in total. The van der Waals surface area contributed by atoms with Crippen molar-refractivity contribution in [2.45, 2.75) is 246 Å². The zero-order valence-electron chi connectivity index (χ0n) is 41.8. The lowest BCUT2D eigenvalue weighted by Crippen LogP contribution is -2.44. The molecule has 8 heteroatoms. The van der Waals surface area contributed by atoms with Crippen LogP contribution in [0.2, 0.25) is 0 Å². The number of piperazine rings is 1. The van der Waals surface area contributed by atoms with Gasteiger partial charge in [0, 0.05) is 46.1 Å². The Morgan fingerprint density at radius 1 is 0.443 bits per heavy atom. The van der Waals surface area contributed by atoms with Crippen molar-refractivity contribution in [1.82, 2.24) is 9.80 Å². The van der Waals surface area contributed by atoms with Crippen LogP contribution in [0.3, 0.4) is 0 Å². The third-order valence-electron chi connectivity index (χ3n) is 13.0. The summed E-state index contributed by atoms with van der Waals surface area (Å²) in [6.45, 7) is 18.4. The minimum atomic E-state index is 0.0348. The van der Waals surface area contributed by atoms with E-state index in [1.165, 1.54) is 225 Å². The quantitative estimate of drug-likeness (QED) is 0.0479. The van der Waals surface area contributed by atoms with Crippen molar-refractivity contribution in [3.63, 3.8) is 0 Å². The second-order valence-corrected chi connectivity index (χ2v) is 18.5. The van der Waals surface area contributed by atoms with Crippen LogP contribution >= 0.6 is 0 Å². The van der Waals surface area contributed by atoms with E-state index in [-0.39, 0.29) is 11.9 Å². The first-order chi connectivity index (χ1) is 29.9. The van der Waals surface area contributed by atoms with E-state index in [0.29, 0.717) is 37.9 Å². The van der Waals surface area contributed by atoms with E-state index in [4.69, 9.17) is 19.4 Å². The Bertz CT molecular complexity index is 826. The largest absolute Gasteiger partial charge is 0.466 e. The monoisotopic (exact) mass is 867 g/mol. The van der Waals surface area contributed by atoms with Crippen molar-refractivity contribution < 1.29 is 29.0 Å². The van der Waals surface area contributed by atoms with Crippen LogP contribution in [0.1, 0.15) is 246 Å². The van der Waals surface area contributed by atoms with Crippen LogP contribution in [0.5, 0.6) is 0 Å². The van der Waals surface area contributed by atoms with E-state index in [9.17, 15) is 9.59 Å². The zero-order chi connectivity index (χ0) is 45.4. The number of hydrogen-bond donors (Lipinski definition) is 1. The number of carbonyl (C=O) groups is 3. The van der Waals surface area contributed by atoms with Crippen molar-refractivity contribution in [2.24, 2.45) is 17.8 Å². The van der Waals surface area contributed by atoms with Gasteiger partial charge in [0.05, 0.1) is 13.2 Å². The summed E-state index contributed by atoms with van der Waals surface area (Å²) < 4.78 is 11.2. The number of rotatable bonds is 42. The van der Waals surface area contributed by atoms with Gasteiger partial charge >= 0.3 is 11.9 Å². The first-order valence-electron chi connectivity index (χ1n) is 26.4. The highest BCUT2D eigenvalue weighted by Crippen LogP contribution is 2.25. The average Bonchev–Trinajstić information content (AvgIpc) is 3.28. The topological polar surface area (TPSA) is 96.4 Å². The van der Waals surface area contributed by atoms with E-state index < -0.39 is 0 Å². The van der Waals surface area contributed by atoms with Crippen molar-refractivity contribution in [2.75, 3.05) is 60.1 Å². The second kappa shape index (κ2) is 49.5. The minimum absolute atomic E-state index is 0.0348. The Kier molecular flexibility index (Phi) is 50.0. The fourth-order valence-corrected chi connectivity index (χ4v) is 8.93. The summed E-state index contributed by atoms with van der Waals surface area (Å²) in [4.78, 5) is 37.9. The summed E-state index contributed by atoms with van der Waals surface area (Å²) in [5, 5.41) is 7.00. The third kappa shape index (κ3) is 42.2. The standard InChI is InChI=1S/C51H100N2O4.CH4O.CH2O/c1-6-10-31-48(32-11-7-2)45-50(54)56-43-28-24-20-16-14-18-22-26-35-47(37-30-38-53-41-39-52(5)40-42-53)36-27-23-19-15-17-21-25-29-44-57-51(55)46-49(33-12-8-3)34-13-9-4;2*1-2/h47-49H,6-46H2,1-5H3;2H,1H3;1H2. The highest BCUT2D eigenvalue weighted by Gasteiger charge is 2.17. The predicted molar refractivity (Wildman–Crippen MR) is 261 cm³/mol. The number of likely N-dealkylation sites (N-methyl/N-ethyl adjacent to an activating group) is 1. The molecule has 364 valence electrons. The molecule has 0 atom stereocenters. The number of nitrogens with zero attached hydrogens (tertiary/aromatic N) is 2. The predicted octanol–water partition coefficient (Wildman–Crippen LogP) is 13.9. The van der Waals surface area contributed by atoms with Gasteiger partial charge in [-0.05, 0) is 82.7 Å². The van der Waals surface area contributed by atoms with Crippen LogP contribution in [0.25, 0.3) is 0 Å². The first kappa shape index (κ1) is 61.6. The second-order valence-electron chi connectivity index (χ2n) is 18.5. The zero-order valence-corrected chi connectivity index (χ0v) is 41.8. The fourth-order valence-electron chi connectivity index (χ4n) is 8.93. The average molecular weight is 867 g/mol. The van der Waals surface area contributed by atoms with E-state index in [2.05, 4.69) is 44.5 Å². The summed E-state index contributed by atoms with van der Waals surface area (Å²) in [5.41, 5.74) is 0. The highest BCUT2D eigenvalue weighted by atomic mass is 16.5. The summed E-state index contributed by atoms with van der Waals surface area (Å²) in [6, 6.07) is 0. The van der Waals surface area contributed by atoms with Crippen LogP contribution in [0, 0.1) is 17.8 Å². The van der Waals surface area contributed by atoms with Gasteiger partial charge in [0.2, 0.25) is 0 Å². The molecule has 1 saturated heterocycles. The molecular formula is C53H106N2O6. The molecule has 0 bridgehead atoms.